The van der Waals surface area contributed by atoms with Crippen LogP contribution in [0.1, 0.15) is 27.0 Å². The smallest absolute Gasteiger partial charge is 0.259 e. The minimum absolute atomic E-state index is 0.0102. The molecular weight excluding hydrogens is 356 g/mol. The summed E-state index contributed by atoms with van der Waals surface area (Å²) in [6.45, 7) is 7.10. The maximum Gasteiger partial charge on any atom is 0.259 e. The zero-order chi connectivity index (χ0) is 20.4. The van der Waals surface area contributed by atoms with Gasteiger partial charge in [-0.3, -0.25) is 9.78 Å². The lowest BCUT2D eigenvalue weighted by atomic mass is 10.0. The topological polar surface area (TPSA) is 103 Å². The van der Waals surface area contributed by atoms with Gasteiger partial charge in [-0.25, -0.2) is 0 Å². The third-order valence-electron chi connectivity index (χ3n) is 4.62. The normalized spacial score (nSPS) is 11.4. The molecule has 0 radical (unpaired) electrons. The van der Waals surface area contributed by atoms with Crippen LogP contribution < -0.4 is 15.8 Å². The summed E-state index contributed by atoms with van der Waals surface area (Å²) in [4.78, 5) is 16.4. The second-order valence-corrected chi connectivity index (χ2v) is 6.45. The van der Waals surface area contributed by atoms with Crippen LogP contribution in [0, 0.1) is 13.8 Å². The van der Waals surface area contributed by atoms with Crippen molar-refractivity contribution in [1.82, 2.24) is 4.98 Å². The molecule has 2 aromatic carbocycles. The van der Waals surface area contributed by atoms with Crippen LogP contribution in [0.2, 0.25) is 0 Å². The summed E-state index contributed by atoms with van der Waals surface area (Å²) in [5.74, 6) is -0.629. The minimum Gasteiger partial charge on any atom is -0.507 e. The van der Waals surface area contributed by atoms with E-state index in [1.165, 1.54) is 12.1 Å². The predicted molar refractivity (Wildman–Crippen MR) is 108 cm³/mol. The maximum absolute atomic E-state index is 12.5. The van der Waals surface area contributed by atoms with Gasteiger partial charge in [0.15, 0.2) is 0 Å². The van der Waals surface area contributed by atoms with Crippen LogP contribution in [-0.4, -0.2) is 26.2 Å². The number of amides is 1. The summed E-state index contributed by atoms with van der Waals surface area (Å²) in [6, 6.07) is 7.80. The molecule has 3 rings (SSSR count). The monoisotopic (exact) mass is 376 g/mol. The highest BCUT2D eigenvalue weighted by Crippen LogP contribution is 2.22. The molecule has 0 bridgehead atoms. The highest BCUT2D eigenvalue weighted by Gasteiger charge is 2.13. The summed E-state index contributed by atoms with van der Waals surface area (Å²) in [6.07, 6.45) is 4.73. The molecule has 1 heterocycles. The Morgan fingerprint density at radius 1 is 1.04 bits per heavy atom. The van der Waals surface area contributed by atoms with Crippen molar-refractivity contribution in [3.05, 3.63) is 75.4 Å². The molecule has 4 N–H and O–H groups in total. The molecule has 0 spiro atoms. The first-order chi connectivity index (χ1) is 13.3. The van der Waals surface area contributed by atoms with E-state index in [1.54, 1.807) is 50.5 Å². The molecule has 28 heavy (non-hydrogen) atoms. The lowest BCUT2D eigenvalue weighted by molar-refractivity contribution is 0.102. The fraction of sp³-hybridized carbons (Fsp3) is 0.0909. The molecule has 0 aliphatic heterocycles. The molecule has 6 heteroatoms. The van der Waals surface area contributed by atoms with Crippen molar-refractivity contribution in [3.63, 3.8) is 0 Å². The second-order valence-electron chi connectivity index (χ2n) is 6.45. The van der Waals surface area contributed by atoms with E-state index in [0.717, 1.165) is 0 Å². The number of nitrogens with zero attached hydrogens (tertiary/aromatic N) is 1. The van der Waals surface area contributed by atoms with Gasteiger partial charge in [0.25, 0.3) is 5.91 Å². The van der Waals surface area contributed by atoms with E-state index in [-0.39, 0.29) is 22.8 Å². The molecule has 0 fully saturated rings. The highest BCUT2D eigenvalue weighted by molar-refractivity contribution is 6.06. The number of hydrogen-bond acceptors (Lipinski definition) is 5. The zero-order valence-corrected chi connectivity index (χ0v) is 15.5. The Labute approximate surface area is 161 Å². The summed E-state index contributed by atoms with van der Waals surface area (Å²) in [5, 5.41) is 34.3. The summed E-state index contributed by atoms with van der Waals surface area (Å²) in [5.41, 5.74) is 2.16. The molecule has 0 unspecified atom stereocenters. The van der Waals surface area contributed by atoms with Crippen LogP contribution >= 0.6 is 0 Å². The SMILES string of the molecule is C=c1c(C)c(O)c(=Cc2ccc(O)c(C(=O)Nc3ccncc3)c2)c(C)c1O. The van der Waals surface area contributed by atoms with Gasteiger partial charge in [0.1, 0.15) is 17.2 Å². The van der Waals surface area contributed by atoms with E-state index in [4.69, 9.17) is 0 Å². The zero-order valence-electron chi connectivity index (χ0n) is 15.5. The number of aromatic nitrogens is 1. The van der Waals surface area contributed by atoms with Gasteiger partial charge in [-0.15, -0.1) is 0 Å². The average molecular weight is 376 g/mol. The Hall–Kier alpha value is -3.80. The third kappa shape index (κ3) is 3.53. The number of phenolic OH excluding ortho intramolecular Hbond substituents is 3. The van der Waals surface area contributed by atoms with Crippen molar-refractivity contribution < 1.29 is 20.1 Å². The van der Waals surface area contributed by atoms with Crippen LogP contribution in [0.5, 0.6) is 17.2 Å². The number of hydrogen-bond donors (Lipinski definition) is 4. The van der Waals surface area contributed by atoms with Gasteiger partial charge < -0.3 is 20.6 Å². The quantitative estimate of drug-likeness (QED) is 0.526. The van der Waals surface area contributed by atoms with E-state index in [2.05, 4.69) is 16.9 Å². The van der Waals surface area contributed by atoms with Gasteiger partial charge in [-0.2, -0.15) is 0 Å². The molecule has 142 valence electrons. The Bertz CT molecular complexity index is 1140. The molecule has 3 aromatic rings. The van der Waals surface area contributed by atoms with Crippen molar-refractivity contribution in [2.24, 2.45) is 0 Å². The average Bonchev–Trinajstić information content (AvgIpc) is 2.70. The number of aromatic hydroxyl groups is 3. The summed E-state index contributed by atoms with van der Waals surface area (Å²) in [7, 11) is 0. The van der Waals surface area contributed by atoms with E-state index in [0.29, 0.717) is 32.8 Å². The molecule has 0 saturated carbocycles. The van der Waals surface area contributed by atoms with Crippen molar-refractivity contribution in [2.45, 2.75) is 13.8 Å². The Morgan fingerprint density at radius 3 is 2.39 bits per heavy atom. The fourth-order valence-electron chi connectivity index (χ4n) is 2.86. The fourth-order valence-corrected chi connectivity index (χ4v) is 2.86. The number of phenols is 3. The van der Waals surface area contributed by atoms with Crippen molar-refractivity contribution >= 4 is 24.2 Å². The number of rotatable bonds is 3. The first-order valence-corrected chi connectivity index (χ1v) is 8.55. The van der Waals surface area contributed by atoms with Crippen molar-refractivity contribution in [3.8, 4) is 17.2 Å². The Balaban J connectivity index is 2.07. The van der Waals surface area contributed by atoms with Gasteiger partial charge in [-0.05, 0) is 49.8 Å². The van der Waals surface area contributed by atoms with E-state index in [1.807, 2.05) is 0 Å². The van der Waals surface area contributed by atoms with Gasteiger partial charge in [0.2, 0.25) is 0 Å². The molecule has 0 saturated heterocycles. The number of carbonyl (C=O) groups is 1. The van der Waals surface area contributed by atoms with Gasteiger partial charge in [0.05, 0.1) is 5.56 Å². The van der Waals surface area contributed by atoms with E-state index >= 15 is 0 Å². The van der Waals surface area contributed by atoms with Crippen LogP contribution in [0.15, 0.2) is 42.7 Å². The first-order valence-electron chi connectivity index (χ1n) is 8.55. The highest BCUT2D eigenvalue weighted by atomic mass is 16.3. The molecule has 1 aromatic heterocycles. The Kier molecular flexibility index (Phi) is 5.04. The van der Waals surface area contributed by atoms with Gasteiger partial charge in [-0.1, -0.05) is 12.6 Å². The van der Waals surface area contributed by atoms with Gasteiger partial charge in [0, 0.05) is 39.6 Å². The van der Waals surface area contributed by atoms with Crippen LogP contribution in [0.3, 0.4) is 0 Å². The number of nitrogens with one attached hydrogen (secondary N) is 1. The van der Waals surface area contributed by atoms with Crippen LogP contribution in [-0.2, 0) is 0 Å². The van der Waals surface area contributed by atoms with Gasteiger partial charge >= 0.3 is 0 Å². The molecular formula is C22H20N2O4. The summed E-state index contributed by atoms with van der Waals surface area (Å²) >= 11 is 0. The largest absolute Gasteiger partial charge is 0.507 e. The molecule has 0 aliphatic carbocycles. The molecule has 6 nitrogen and oxygen atoms in total. The maximum atomic E-state index is 12.5. The number of anilines is 1. The number of pyridine rings is 1. The third-order valence-corrected chi connectivity index (χ3v) is 4.62. The summed E-state index contributed by atoms with van der Waals surface area (Å²) < 4.78 is 0. The number of benzene rings is 2. The first kappa shape index (κ1) is 19.0. The van der Waals surface area contributed by atoms with Crippen molar-refractivity contribution in [2.75, 3.05) is 5.32 Å². The molecule has 0 atom stereocenters. The van der Waals surface area contributed by atoms with Crippen LogP contribution in [0.4, 0.5) is 5.69 Å². The van der Waals surface area contributed by atoms with E-state index in [9.17, 15) is 20.1 Å². The Morgan fingerprint density at radius 2 is 1.71 bits per heavy atom. The lowest BCUT2D eigenvalue weighted by Crippen LogP contribution is -2.17. The second kappa shape index (κ2) is 7.44. The van der Waals surface area contributed by atoms with Crippen LogP contribution in [0.25, 0.3) is 12.7 Å². The molecule has 1 amide bonds. The minimum atomic E-state index is -0.480. The number of carbonyl (C=O) groups excluding carboxylic acids is 1. The molecule has 0 aliphatic rings. The van der Waals surface area contributed by atoms with E-state index < -0.39 is 5.91 Å². The predicted octanol–water partition coefficient (Wildman–Crippen LogP) is 2.31. The standard InChI is InChI=1S/C22H20N2O4/c1-12-13(2)21(27)17(14(3)20(12)26)10-15-4-5-19(25)18(11-15)22(28)24-16-6-8-23-9-7-16/h4-11,25-27H,1H2,2-3H3,(H,23,24,28). The lowest BCUT2D eigenvalue weighted by Gasteiger charge is -2.09. The van der Waals surface area contributed by atoms with Crippen molar-refractivity contribution in [1.29, 1.82) is 0 Å².